The van der Waals surface area contributed by atoms with Gasteiger partial charge in [0.1, 0.15) is 11.3 Å². The smallest absolute Gasteiger partial charge is 0.344 e. The van der Waals surface area contributed by atoms with Crippen LogP contribution in [0.1, 0.15) is 24.2 Å². The van der Waals surface area contributed by atoms with Crippen molar-refractivity contribution in [3.05, 3.63) is 42.4 Å². The maximum Gasteiger partial charge on any atom is 0.344 e. The molecular formula is C16H16N4O3. The van der Waals surface area contributed by atoms with Gasteiger partial charge < -0.3 is 9.47 Å². The maximum atomic E-state index is 12.3. The highest BCUT2D eigenvalue weighted by Crippen LogP contribution is 2.26. The van der Waals surface area contributed by atoms with Gasteiger partial charge in [0.25, 0.3) is 0 Å². The fourth-order valence-corrected chi connectivity index (χ4v) is 2.23. The molecule has 0 atom stereocenters. The molecule has 118 valence electrons. The van der Waals surface area contributed by atoms with Gasteiger partial charge in [0.2, 0.25) is 5.88 Å². The van der Waals surface area contributed by atoms with Crippen LogP contribution >= 0.6 is 0 Å². The molecule has 0 spiro atoms. The minimum atomic E-state index is -0.454. The van der Waals surface area contributed by atoms with Crippen molar-refractivity contribution in [2.24, 2.45) is 0 Å². The summed E-state index contributed by atoms with van der Waals surface area (Å²) in [6, 6.07) is 5.29. The fraction of sp³-hybridized carbons (Fsp3) is 0.250. The van der Waals surface area contributed by atoms with Crippen LogP contribution in [0.2, 0.25) is 0 Å². The molecule has 0 unspecified atom stereocenters. The fourth-order valence-electron chi connectivity index (χ4n) is 2.23. The molecule has 0 aromatic carbocycles. The van der Waals surface area contributed by atoms with E-state index in [0.717, 1.165) is 0 Å². The van der Waals surface area contributed by atoms with Gasteiger partial charge in [-0.1, -0.05) is 0 Å². The highest BCUT2D eigenvalue weighted by atomic mass is 16.5. The monoisotopic (exact) mass is 312 g/mol. The maximum absolute atomic E-state index is 12.3. The van der Waals surface area contributed by atoms with Crippen molar-refractivity contribution < 1.29 is 14.3 Å². The summed E-state index contributed by atoms with van der Waals surface area (Å²) in [5, 5.41) is 4.43. The number of rotatable bonds is 5. The SMILES string of the molecule is CCOC(=O)c1c(-c2ccc(OCC)nc2)nn2cccnc12. The van der Waals surface area contributed by atoms with Crippen molar-refractivity contribution in [3.63, 3.8) is 0 Å². The van der Waals surface area contributed by atoms with E-state index in [1.165, 1.54) is 0 Å². The Morgan fingerprint density at radius 2 is 2.09 bits per heavy atom. The molecule has 0 aliphatic rings. The molecule has 0 N–H and O–H groups in total. The minimum absolute atomic E-state index is 0.282. The zero-order valence-electron chi connectivity index (χ0n) is 12.9. The quantitative estimate of drug-likeness (QED) is 0.673. The van der Waals surface area contributed by atoms with Gasteiger partial charge in [-0.05, 0) is 26.0 Å². The van der Waals surface area contributed by atoms with E-state index in [9.17, 15) is 4.79 Å². The Kier molecular flexibility index (Phi) is 4.18. The van der Waals surface area contributed by atoms with Gasteiger partial charge in [0.05, 0.1) is 13.2 Å². The molecule has 3 heterocycles. The van der Waals surface area contributed by atoms with Gasteiger partial charge in [0.15, 0.2) is 5.65 Å². The van der Waals surface area contributed by atoms with E-state index in [1.807, 2.05) is 13.0 Å². The van der Waals surface area contributed by atoms with Gasteiger partial charge in [-0.25, -0.2) is 19.3 Å². The molecule has 7 nitrogen and oxygen atoms in total. The largest absolute Gasteiger partial charge is 0.478 e. The number of aromatic nitrogens is 4. The number of carbonyl (C=O) groups is 1. The molecule has 0 aliphatic carbocycles. The molecule has 23 heavy (non-hydrogen) atoms. The van der Waals surface area contributed by atoms with Crippen LogP contribution in [0, 0.1) is 0 Å². The van der Waals surface area contributed by atoms with Crippen LogP contribution in [0.3, 0.4) is 0 Å². The zero-order chi connectivity index (χ0) is 16.2. The van der Waals surface area contributed by atoms with E-state index >= 15 is 0 Å². The van der Waals surface area contributed by atoms with Gasteiger partial charge >= 0.3 is 5.97 Å². The van der Waals surface area contributed by atoms with Crippen LogP contribution in [-0.4, -0.2) is 38.8 Å². The number of ether oxygens (including phenoxy) is 2. The second-order valence-corrected chi connectivity index (χ2v) is 4.65. The molecule has 0 amide bonds. The third kappa shape index (κ3) is 2.85. The number of esters is 1. The second kappa shape index (κ2) is 6.43. The van der Waals surface area contributed by atoms with Crippen molar-refractivity contribution in [1.29, 1.82) is 0 Å². The molecule has 3 aromatic rings. The van der Waals surface area contributed by atoms with Crippen LogP contribution in [0.25, 0.3) is 16.9 Å². The Labute approximate surface area is 132 Å². The summed E-state index contributed by atoms with van der Waals surface area (Å²) in [4.78, 5) is 20.8. The average molecular weight is 312 g/mol. The van der Waals surface area contributed by atoms with Crippen molar-refractivity contribution in [2.75, 3.05) is 13.2 Å². The summed E-state index contributed by atoms with van der Waals surface area (Å²) in [6.45, 7) is 4.47. The minimum Gasteiger partial charge on any atom is -0.478 e. The van der Waals surface area contributed by atoms with Crippen LogP contribution in [0.15, 0.2) is 36.8 Å². The Hall–Kier alpha value is -2.96. The summed E-state index contributed by atoms with van der Waals surface area (Å²) in [5.41, 5.74) is 1.97. The summed E-state index contributed by atoms with van der Waals surface area (Å²) in [7, 11) is 0. The van der Waals surface area contributed by atoms with Crippen molar-refractivity contribution in [3.8, 4) is 17.1 Å². The first-order valence-corrected chi connectivity index (χ1v) is 7.34. The van der Waals surface area contributed by atoms with Crippen molar-refractivity contribution >= 4 is 11.6 Å². The Morgan fingerprint density at radius 1 is 1.22 bits per heavy atom. The zero-order valence-corrected chi connectivity index (χ0v) is 12.9. The number of carbonyl (C=O) groups excluding carboxylic acids is 1. The first-order chi connectivity index (χ1) is 11.2. The van der Waals surface area contributed by atoms with Gasteiger partial charge in [-0.2, -0.15) is 5.10 Å². The standard InChI is InChI=1S/C16H16N4O3/c1-3-22-12-7-6-11(10-18-12)14-13(16(21)23-4-2)15-17-8-5-9-20(15)19-14/h5-10H,3-4H2,1-2H3. The third-order valence-electron chi connectivity index (χ3n) is 3.18. The van der Waals surface area contributed by atoms with E-state index in [0.29, 0.717) is 35.0 Å². The first kappa shape index (κ1) is 15.0. The molecule has 3 aromatic heterocycles. The average Bonchev–Trinajstić information content (AvgIpc) is 2.95. The molecular weight excluding hydrogens is 296 g/mol. The first-order valence-electron chi connectivity index (χ1n) is 7.34. The van der Waals surface area contributed by atoms with E-state index in [4.69, 9.17) is 9.47 Å². The number of hydrogen-bond acceptors (Lipinski definition) is 6. The molecule has 0 saturated carbocycles. The van der Waals surface area contributed by atoms with Gasteiger partial charge in [-0.3, -0.25) is 0 Å². The number of hydrogen-bond donors (Lipinski definition) is 0. The van der Waals surface area contributed by atoms with E-state index < -0.39 is 5.97 Å². The molecule has 7 heteroatoms. The number of fused-ring (bicyclic) bond motifs is 1. The van der Waals surface area contributed by atoms with Gasteiger partial charge in [-0.15, -0.1) is 0 Å². The summed E-state index contributed by atoms with van der Waals surface area (Å²) < 4.78 is 12.0. The normalized spacial score (nSPS) is 10.7. The van der Waals surface area contributed by atoms with Crippen LogP contribution in [0.5, 0.6) is 5.88 Å². The molecule has 0 saturated heterocycles. The lowest BCUT2D eigenvalue weighted by Gasteiger charge is -2.04. The number of pyridine rings is 1. The Balaban J connectivity index is 2.12. The Morgan fingerprint density at radius 3 is 2.78 bits per heavy atom. The van der Waals surface area contributed by atoms with E-state index in [1.54, 1.807) is 42.2 Å². The molecule has 3 rings (SSSR count). The topological polar surface area (TPSA) is 78.6 Å². The highest BCUT2D eigenvalue weighted by molar-refractivity contribution is 6.02. The lowest BCUT2D eigenvalue weighted by molar-refractivity contribution is 0.0529. The van der Waals surface area contributed by atoms with Crippen LogP contribution in [0.4, 0.5) is 0 Å². The summed E-state index contributed by atoms with van der Waals surface area (Å²) >= 11 is 0. The summed E-state index contributed by atoms with van der Waals surface area (Å²) in [5.74, 6) is 0.0703. The predicted octanol–water partition coefficient (Wildman–Crippen LogP) is 2.37. The highest BCUT2D eigenvalue weighted by Gasteiger charge is 2.23. The van der Waals surface area contributed by atoms with E-state index in [2.05, 4.69) is 15.1 Å². The van der Waals surface area contributed by atoms with Gasteiger partial charge in [0, 0.05) is 30.2 Å². The molecule has 0 radical (unpaired) electrons. The second-order valence-electron chi connectivity index (χ2n) is 4.65. The predicted molar refractivity (Wildman–Crippen MR) is 83.3 cm³/mol. The van der Waals surface area contributed by atoms with Crippen molar-refractivity contribution in [1.82, 2.24) is 19.6 Å². The molecule has 0 fully saturated rings. The van der Waals surface area contributed by atoms with Crippen molar-refractivity contribution in [2.45, 2.75) is 13.8 Å². The lowest BCUT2D eigenvalue weighted by Crippen LogP contribution is -2.06. The van der Waals surface area contributed by atoms with Crippen LogP contribution < -0.4 is 4.74 Å². The molecule has 0 bridgehead atoms. The third-order valence-corrected chi connectivity index (χ3v) is 3.18. The summed E-state index contributed by atoms with van der Waals surface area (Å²) in [6.07, 6.45) is 4.96. The molecule has 0 aliphatic heterocycles. The number of nitrogens with zero attached hydrogens (tertiary/aromatic N) is 4. The lowest BCUT2D eigenvalue weighted by atomic mass is 10.1. The van der Waals surface area contributed by atoms with Crippen LogP contribution in [-0.2, 0) is 4.74 Å². The Bertz CT molecular complexity index is 827. The van der Waals surface area contributed by atoms with E-state index in [-0.39, 0.29) is 6.61 Å².